The molecule has 3 amide bonds. The molecule has 0 aromatic heterocycles. The van der Waals surface area contributed by atoms with Crippen molar-refractivity contribution in [3.63, 3.8) is 0 Å². The normalized spacial score (nSPS) is 14.8. The number of nitrogens with zero attached hydrogens (tertiary/aromatic N) is 2. The Morgan fingerprint density at radius 3 is 1.97 bits per heavy atom. The number of amides is 3. The molecular weight excluding hydrogens is 430 g/mol. The molecule has 1 saturated heterocycles. The number of carbonyl (C=O) groups is 2. The summed E-state index contributed by atoms with van der Waals surface area (Å²) in [4.78, 5) is 25.6. The van der Waals surface area contributed by atoms with Crippen LogP contribution in [0.25, 0.3) is 0 Å². The average molecular weight is 452 g/mol. The Hall–Kier alpha value is -3.05. The lowest BCUT2D eigenvalue weighted by Gasteiger charge is -2.34. The van der Waals surface area contributed by atoms with Crippen molar-refractivity contribution in [2.24, 2.45) is 0 Å². The van der Waals surface area contributed by atoms with E-state index in [4.69, 9.17) is 0 Å². The smallest absolute Gasteiger partial charge is 0.315 e. The summed E-state index contributed by atoms with van der Waals surface area (Å²) in [5.74, 6) is -1.23. The standard InChI is InChI=1S/C20H22F2N4O4S/c21-16-3-1-15(2-4-16)13-23-20(28)24-14-19(27)25-9-11-26(12-10-25)31(29,30)18-7-5-17(22)6-8-18/h1-8H,9-14H2,(H2,23,24,28). The zero-order chi connectivity index (χ0) is 22.4. The predicted octanol–water partition coefficient (Wildman–Crippen LogP) is 1.30. The van der Waals surface area contributed by atoms with Crippen LogP contribution in [0.3, 0.4) is 0 Å². The minimum atomic E-state index is -3.76. The first-order valence-corrected chi connectivity index (χ1v) is 11.0. The molecule has 0 atom stereocenters. The lowest BCUT2D eigenvalue weighted by Crippen LogP contribution is -2.53. The number of piperazine rings is 1. The Balaban J connectivity index is 1.43. The van der Waals surface area contributed by atoms with Crippen LogP contribution in [-0.4, -0.2) is 62.3 Å². The maximum atomic E-state index is 13.0. The van der Waals surface area contributed by atoms with Gasteiger partial charge in [-0.1, -0.05) is 12.1 Å². The van der Waals surface area contributed by atoms with E-state index in [0.29, 0.717) is 5.56 Å². The topological polar surface area (TPSA) is 98.8 Å². The van der Waals surface area contributed by atoms with Crippen LogP contribution in [0.15, 0.2) is 53.4 Å². The molecule has 0 unspecified atom stereocenters. The van der Waals surface area contributed by atoms with E-state index in [-0.39, 0.29) is 55.9 Å². The van der Waals surface area contributed by atoms with E-state index in [2.05, 4.69) is 10.6 Å². The highest BCUT2D eigenvalue weighted by molar-refractivity contribution is 7.89. The van der Waals surface area contributed by atoms with Gasteiger partial charge in [-0.25, -0.2) is 22.0 Å². The molecule has 2 N–H and O–H groups in total. The third kappa shape index (κ3) is 5.98. The molecule has 11 heteroatoms. The van der Waals surface area contributed by atoms with Crippen molar-refractivity contribution in [2.45, 2.75) is 11.4 Å². The summed E-state index contributed by atoms with van der Waals surface area (Å²) in [6.07, 6.45) is 0. The van der Waals surface area contributed by atoms with Gasteiger partial charge in [-0.15, -0.1) is 0 Å². The number of halogens is 2. The fraction of sp³-hybridized carbons (Fsp3) is 0.300. The number of hydrogen-bond acceptors (Lipinski definition) is 4. The van der Waals surface area contributed by atoms with Crippen molar-refractivity contribution < 1.29 is 26.8 Å². The number of rotatable bonds is 6. The molecule has 1 aliphatic rings. The average Bonchev–Trinajstić information content (AvgIpc) is 2.77. The van der Waals surface area contributed by atoms with Crippen LogP contribution in [0.5, 0.6) is 0 Å². The van der Waals surface area contributed by atoms with E-state index >= 15 is 0 Å². The summed E-state index contributed by atoms with van der Waals surface area (Å²) in [7, 11) is -3.76. The zero-order valence-electron chi connectivity index (χ0n) is 16.6. The summed E-state index contributed by atoms with van der Waals surface area (Å²) in [5.41, 5.74) is 0.710. The molecule has 0 aliphatic carbocycles. The van der Waals surface area contributed by atoms with Crippen molar-refractivity contribution in [1.29, 1.82) is 0 Å². The van der Waals surface area contributed by atoms with Crippen LogP contribution in [0.2, 0.25) is 0 Å². The zero-order valence-corrected chi connectivity index (χ0v) is 17.4. The second-order valence-corrected chi connectivity index (χ2v) is 8.84. The fourth-order valence-electron chi connectivity index (χ4n) is 3.05. The molecule has 166 valence electrons. The van der Waals surface area contributed by atoms with Gasteiger partial charge < -0.3 is 15.5 Å². The number of urea groups is 1. The second kappa shape index (κ2) is 9.84. The van der Waals surface area contributed by atoms with Crippen molar-refractivity contribution >= 4 is 22.0 Å². The Morgan fingerprint density at radius 1 is 0.839 bits per heavy atom. The Labute approximate surface area is 178 Å². The summed E-state index contributed by atoms with van der Waals surface area (Å²) in [6, 6.07) is 9.69. The molecule has 0 radical (unpaired) electrons. The predicted molar refractivity (Wildman–Crippen MR) is 108 cm³/mol. The molecule has 1 fully saturated rings. The summed E-state index contributed by atoms with van der Waals surface area (Å²) >= 11 is 0. The minimum Gasteiger partial charge on any atom is -0.339 e. The van der Waals surface area contributed by atoms with E-state index in [0.717, 1.165) is 12.1 Å². The number of hydrogen-bond donors (Lipinski definition) is 2. The molecule has 3 rings (SSSR count). The van der Waals surface area contributed by atoms with Gasteiger partial charge in [0.2, 0.25) is 15.9 Å². The highest BCUT2D eigenvalue weighted by Crippen LogP contribution is 2.18. The van der Waals surface area contributed by atoms with Gasteiger partial charge >= 0.3 is 6.03 Å². The molecule has 0 bridgehead atoms. The quantitative estimate of drug-likeness (QED) is 0.690. The van der Waals surface area contributed by atoms with E-state index < -0.39 is 21.9 Å². The molecule has 2 aromatic carbocycles. The second-order valence-electron chi connectivity index (χ2n) is 6.90. The maximum Gasteiger partial charge on any atom is 0.315 e. The minimum absolute atomic E-state index is 0.00633. The van der Waals surface area contributed by atoms with E-state index in [1.165, 1.54) is 33.5 Å². The fourth-order valence-corrected chi connectivity index (χ4v) is 4.47. The molecule has 2 aromatic rings. The third-order valence-electron chi connectivity index (χ3n) is 4.81. The SMILES string of the molecule is O=C(NCC(=O)N1CCN(S(=O)(=O)c2ccc(F)cc2)CC1)NCc1ccc(F)cc1. The van der Waals surface area contributed by atoms with Gasteiger partial charge in [-0.2, -0.15) is 4.31 Å². The molecule has 0 spiro atoms. The molecule has 0 saturated carbocycles. The van der Waals surface area contributed by atoms with E-state index in [9.17, 15) is 26.8 Å². The van der Waals surface area contributed by atoms with Crippen LogP contribution in [0.1, 0.15) is 5.56 Å². The van der Waals surface area contributed by atoms with Gasteiger partial charge in [0.1, 0.15) is 11.6 Å². The van der Waals surface area contributed by atoms with E-state index in [1.807, 2.05) is 0 Å². The maximum absolute atomic E-state index is 13.0. The monoisotopic (exact) mass is 452 g/mol. The first-order chi connectivity index (χ1) is 14.8. The lowest BCUT2D eigenvalue weighted by molar-refractivity contribution is -0.131. The van der Waals surface area contributed by atoms with Gasteiger partial charge in [-0.05, 0) is 42.0 Å². The molecule has 1 aliphatic heterocycles. The molecule has 8 nitrogen and oxygen atoms in total. The van der Waals surface area contributed by atoms with Crippen LogP contribution in [0, 0.1) is 11.6 Å². The van der Waals surface area contributed by atoms with Crippen LogP contribution in [-0.2, 0) is 21.4 Å². The molecule has 1 heterocycles. The van der Waals surface area contributed by atoms with E-state index in [1.54, 1.807) is 12.1 Å². The van der Waals surface area contributed by atoms with Gasteiger partial charge in [-0.3, -0.25) is 4.79 Å². The van der Waals surface area contributed by atoms with Gasteiger partial charge in [0.05, 0.1) is 11.4 Å². The third-order valence-corrected chi connectivity index (χ3v) is 6.72. The number of carbonyl (C=O) groups excluding carboxylic acids is 2. The lowest BCUT2D eigenvalue weighted by atomic mass is 10.2. The van der Waals surface area contributed by atoms with Crippen LogP contribution < -0.4 is 10.6 Å². The van der Waals surface area contributed by atoms with Crippen LogP contribution in [0.4, 0.5) is 13.6 Å². The summed E-state index contributed by atoms with van der Waals surface area (Å²) in [6.45, 7) is 0.501. The first-order valence-electron chi connectivity index (χ1n) is 9.55. The molecular formula is C20H22F2N4O4S. The van der Waals surface area contributed by atoms with Crippen molar-refractivity contribution in [3.05, 3.63) is 65.7 Å². The van der Waals surface area contributed by atoms with Gasteiger partial charge in [0, 0.05) is 32.7 Å². The number of nitrogens with one attached hydrogen (secondary N) is 2. The van der Waals surface area contributed by atoms with Crippen molar-refractivity contribution in [2.75, 3.05) is 32.7 Å². The highest BCUT2D eigenvalue weighted by Gasteiger charge is 2.30. The first kappa shape index (κ1) is 22.6. The molecule has 31 heavy (non-hydrogen) atoms. The largest absolute Gasteiger partial charge is 0.339 e. The summed E-state index contributed by atoms with van der Waals surface area (Å²) in [5, 5.41) is 5.02. The Bertz CT molecular complexity index is 1020. The number of sulfonamides is 1. The van der Waals surface area contributed by atoms with Crippen molar-refractivity contribution in [1.82, 2.24) is 19.8 Å². The highest BCUT2D eigenvalue weighted by atomic mass is 32.2. The van der Waals surface area contributed by atoms with Gasteiger partial charge in [0.25, 0.3) is 0 Å². The Morgan fingerprint density at radius 2 is 1.39 bits per heavy atom. The van der Waals surface area contributed by atoms with Gasteiger partial charge in [0.15, 0.2) is 0 Å². The summed E-state index contributed by atoms with van der Waals surface area (Å²) < 4.78 is 52.4. The van der Waals surface area contributed by atoms with Crippen molar-refractivity contribution in [3.8, 4) is 0 Å². The van der Waals surface area contributed by atoms with Crippen LogP contribution >= 0.6 is 0 Å². The number of benzene rings is 2. The Kier molecular flexibility index (Phi) is 7.18.